The van der Waals surface area contributed by atoms with Gasteiger partial charge in [-0.1, -0.05) is 5.16 Å². The maximum absolute atomic E-state index is 14.4. The Hall–Kier alpha value is -3.12. The molecule has 0 radical (unpaired) electrons. The van der Waals surface area contributed by atoms with Crippen LogP contribution in [-0.2, 0) is 12.1 Å². The van der Waals surface area contributed by atoms with Gasteiger partial charge in [-0.25, -0.2) is 4.98 Å². The van der Waals surface area contributed by atoms with Gasteiger partial charge in [-0.05, 0) is 19.1 Å². The van der Waals surface area contributed by atoms with Gasteiger partial charge in [0.2, 0.25) is 5.95 Å². The molecule has 0 aromatic carbocycles. The maximum atomic E-state index is 14.4. The minimum Gasteiger partial charge on any atom is -0.356 e. The molecule has 4 nitrogen and oxygen atoms in total. The summed E-state index contributed by atoms with van der Waals surface area (Å²) < 4.78 is 127. The van der Waals surface area contributed by atoms with Crippen LogP contribution in [0.25, 0.3) is 22.6 Å². The highest BCUT2D eigenvalue weighted by atomic mass is 19.4. The van der Waals surface area contributed by atoms with Crippen molar-refractivity contribution in [1.82, 2.24) is 15.1 Å². The Labute approximate surface area is 161 Å². The summed E-state index contributed by atoms with van der Waals surface area (Å²) in [7, 11) is 0. The summed E-state index contributed by atoms with van der Waals surface area (Å²) >= 11 is 0. The lowest BCUT2D eigenvalue weighted by atomic mass is 9.90. The van der Waals surface area contributed by atoms with E-state index in [0.717, 1.165) is 30.6 Å². The third-order valence-electron chi connectivity index (χ3n) is 3.93. The van der Waals surface area contributed by atoms with E-state index >= 15 is 0 Å². The lowest BCUT2D eigenvalue weighted by molar-refractivity contribution is -0.291. The van der Waals surface area contributed by atoms with Crippen LogP contribution in [0.3, 0.4) is 0 Å². The van der Waals surface area contributed by atoms with Crippen LogP contribution in [0.1, 0.15) is 16.8 Å². The molecule has 13 heteroatoms. The second kappa shape index (κ2) is 6.99. The predicted molar refractivity (Wildman–Crippen MR) is 82.6 cm³/mol. The zero-order valence-corrected chi connectivity index (χ0v) is 14.5. The smallest absolute Gasteiger partial charge is 0.356 e. The zero-order valence-electron chi connectivity index (χ0n) is 14.5. The van der Waals surface area contributed by atoms with E-state index < -0.39 is 52.4 Å². The highest BCUT2D eigenvalue weighted by Crippen LogP contribution is 2.53. The number of halogens is 9. The molecule has 0 spiro atoms. The molecule has 0 aliphatic carbocycles. The van der Waals surface area contributed by atoms with Crippen molar-refractivity contribution >= 4 is 0 Å². The minimum atomic E-state index is -6.49. The molecule has 3 aromatic rings. The average Bonchev–Trinajstić information content (AvgIpc) is 3.05. The van der Waals surface area contributed by atoms with E-state index in [4.69, 9.17) is 0 Å². The fourth-order valence-electron chi connectivity index (χ4n) is 2.71. The molecule has 0 unspecified atom stereocenters. The summed E-state index contributed by atoms with van der Waals surface area (Å²) in [6.45, 7) is 1.25. The Bertz CT molecular complexity index is 1070. The molecular formula is C17H8F9N3O. The van der Waals surface area contributed by atoms with Crippen LogP contribution in [0.15, 0.2) is 35.1 Å². The maximum Gasteiger partial charge on any atom is 0.458 e. The fraction of sp³-hybridized carbons (Fsp3) is 0.235. The monoisotopic (exact) mass is 441 g/mol. The first-order chi connectivity index (χ1) is 13.7. The second-order valence-electron chi connectivity index (χ2n) is 6.01. The van der Waals surface area contributed by atoms with Crippen molar-refractivity contribution in [3.8, 4) is 22.6 Å². The first-order valence-corrected chi connectivity index (χ1v) is 7.85. The van der Waals surface area contributed by atoms with E-state index in [1.165, 1.54) is 6.92 Å². The van der Waals surface area contributed by atoms with Gasteiger partial charge in [0.15, 0.2) is 5.76 Å². The third kappa shape index (κ3) is 3.59. The molecule has 160 valence electrons. The summed E-state index contributed by atoms with van der Waals surface area (Å²) in [4.78, 5) is 6.65. The molecule has 0 aliphatic rings. The number of aromatic nitrogens is 3. The number of hydrogen-bond acceptors (Lipinski definition) is 4. The van der Waals surface area contributed by atoms with Gasteiger partial charge >= 0.3 is 18.3 Å². The summed E-state index contributed by atoms with van der Waals surface area (Å²) in [5.74, 6) is -9.54. The molecule has 3 heterocycles. The molecule has 3 rings (SSSR count). The van der Waals surface area contributed by atoms with Crippen molar-refractivity contribution in [2.75, 3.05) is 0 Å². The quantitative estimate of drug-likeness (QED) is 0.374. The van der Waals surface area contributed by atoms with Gasteiger partial charge in [0, 0.05) is 24.0 Å². The van der Waals surface area contributed by atoms with Crippen molar-refractivity contribution in [3.63, 3.8) is 0 Å². The first kappa shape index (κ1) is 21.6. The van der Waals surface area contributed by atoms with Crippen LogP contribution in [0, 0.1) is 12.9 Å². The Balaban J connectivity index is 2.58. The molecule has 30 heavy (non-hydrogen) atoms. The number of rotatable bonds is 3. The van der Waals surface area contributed by atoms with E-state index in [1.54, 1.807) is 0 Å². The Morgan fingerprint density at radius 3 is 1.97 bits per heavy atom. The largest absolute Gasteiger partial charge is 0.458 e. The van der Waals surface area contributed by atoms with Crippen molar-refractivity contribution < 1.29 is 44.0 Å². The van der Waals surface area contributed by atoms with Crippen LogP contribution < -0.4 is 0 Å². The van der Waals surface area contributed by atoms with Crippen molar-refractivity contribution in [2.45, 2.75) is 25.2 Å². The van der Waals surface area contributed by atoms with Crippen molar-refractivity contribution in [3.05, 3.63) is 53.4 Å². The third-order valence-corrected chi connectivity index (χ3v) is 3.93. The van der Waals surface area contributed by atoms with E-state index in [0.29, 0.717) is 0 Å². The lowest BCUT2D eigenvalue weighted by Crippen LogP contribution is -2.37. The number of aryl methyl sites for hydroxylation is 1. The van der Waals surface area contributed by atoms with Gasteiger partial charge in [-0.15, -0.1) is 0 Å². The van der Waals surface area contributed by atoms with Gasteiger partial charge in [0.1, 0.15) is 5.56 Å². The summed E-state index contributed by atoms with van der Waals surface area (Å²) in [6.07, 6.45) is -10.3. The van der Waals surface area contributed by atoms with E-state index in [-0.39, 0.29) is 11.3 Å². The van der Waals surface area contributed by atoms with Crippen molar-refractivity contribution in [2.24, 2.45) is 0 Å². The highest BCUT2D eigenvalue weighted by Gasteiger charge is 2.63. The average molecular weight is 441 g/mol. The van der Waals surface area contributed by atoms with Crippen LogP contribution in [0.5, 0.6) is 0 Å². The fourth-order valence-corrected chi connectivity index (χ4v) is 2.71. The van der Waals surface area contributed by atoms with Gasteiger partial charge in [-0.2, -0.15) is 39.5 Å². The van der Waals surface area contributed by atoms with Gasteiger partial charge in [0.25, 0.3) is 0 Å². The Kier molecular flexibility index (Phi) is 5.03. The lowest BCUT2D eigenvalue weighted by Gasteiger charge is -2.26. The predicted octanol–water partition coefficient (Wildman–Crippen LogP) is 5.92. The molecule has 0 saturated carbocycles. The Morgan fingerprint density at radius 2 is 1.50 bits per heavy atom. The molecular weight excluding hydrogens is 433 g/mol. The standard InChI is InChI=1S/C17H8F9N3O/c1-7-6-9(30-29-7)10-11(15(19,20)17(24,25)26)12(16(21,22)23)14(18)28-13(10)8-2-4-27-5-3-8/h2-6H,1H3. The number of nitrogens with zero attached hydrogens (tertiary/aromatic N) is 3. The topological polar surface area (TPSA) is 51.8 Å². The number of pyridine rings is 2. The number of hydrogen-bond donors (Lipinski definition) is 0. The molecule has 0 saturated heterocycles. The van der Waals surface area contributed by atoms with Crippen LogP contribution in [0.4, 0.5) is 39.5 Å². The minimum absolute atomic E-state index is 0.0372. The molecule has 0 N–H and O–H groups in total. The Morgan fingerprint density at radius 1 is 0.900 bits per heavy atom. The summed E-state index contributed by atoms with van der Waals surface area (Å²) in [6, 6.07) is 2.91. The van der Waals surface area contributed by atoms with Crippen LogP contribution in [-0.4, -0.2) is 21.3 Å². The van der Waals surface area contributed by atoms with Crippen molar-refractivity contribution in [1.29, 1.82) is 0 Å². The van der Waals surface area contributed by atoms with E-state index in [2.05, 4.69) is 19.6 Å². The number of alkyl halides is 8. The van der Waals surface area contributed by atoms with Gasteiger partial charge in [0.05, 0.1) is 22.5 Å². The summed E-state index contributed by atoms with van der Waals surface area (Å²) in [5.41, 5.74) is -8.16. The molecule has 0 aliphatic heterocycles. The van der Waals surface area contributed by atoms with Crippen LogP contribution >= 0.6 is 0 Å². The molecule has 0 fully saturated rings. The van der Waals surface area contributed by atoms with E-state index in [1.807, 2.05) is 0 Å². The molecule has 0 atom stereocenters. The molecule has 0 bridgehead atoms. The van der Waals surface area contributed by atoms with E-state index in [9.17, 15) is 39.5 Å². The van der Waals surface area contributed by atoms with Gasteiger partial charge < -0.3 is 4.52 Å². The van der Waals surface area contributed by atoms with Gasteiger partial charge in [-0.3, -0.25) is 4.98 Å². The molecule has 3 aromatic heterocycles. The first-order valence-electron chi connectivity index (χ1n) is 7.85. The molecule has 0 amide bonds. The summed E-state index contributed by atoms with van der Waals surface area (Å²) in [5, 5.41) is 3.31. The zero-order chi connectivity index (χ0) is 22.5. The second-order valence-corrected chi connectivity index (χ2v) is 6.01. The SMILES string of the molecule is Cc1cc(-c2c(-c3ccncc3)nc(F)c(C(F)(F)F)c2C(F)(F)C(F)(F)F)on1. The van der Waals surface area contributed by atoms with Crippen LogP contribution in [0.2, 0.25) is 0 Å². The highest BCUT2D eigenvalue weighted by molar-refractivity contribution is 5.82. The normalized spacial score (nSPS) is 13.0.